The van der Waals surface area contributed by atoms with E-state index >= 15 is 0 Å². The molecule has 3 unspecified atom stereocenters. The maximum atomic E-state index is 2.73. The van der Waals surface area contributed by atoms with Gasteiger partial charge < -0.3 is 4.90 Å². The SMILES string of the molecule is CC1c2ccccc2C2C1c1ccccc1N2C[Si](C)(C)C. The van der Waals surface area contributed by atoms with Gasteiger partial charge in [-0.3, -0.25) is 0 Å². The zero-order valence-corrected chi connectivity index (χ0v) is 15.0. The van der Waals surface area contributed by atoms with E-state index in [9.17, 15) is 0 Å². The van der Waals surface area contributed by atoms with E-state index < -0.39 is 8.07 Å². The van der Waals surface area contributed by atoms with Gasteiger partial charge in [-0.05, 0) is 28.7 Å². The van der Waals surface area contributed by atoms with Crippen molar-refractivity contribution in [2.75, 3.05) is 11.1 Å². The fourth-order valence-corrected chi connectivity index (χ4v) is 5.92. The highest BCUT2D eigenvalue weighted by Gasteiger charge is 2.48. The van der Waals surface area contributed by atoms with E-state index in [-0.39, 0.29) is 0 Å². The number of hydrogen-bond donors (Lipinski definition) is 0. The Morgan fingerprint density at radius 2 is 1.45 bits per heavy atom. The van der Waals surface area contributed by atoms with Gasteiger partial charge >= 0.3 is 0 Å². The molecule has 4 rings (SSSR count). The lowest BCUT2D eigenvalue weighted by Crippen LogP contribution is -2.40. The summed E-state index contributed by atoms with van der Waals surface area (Å²) in [6.45, 7) is 9.85. The van der Waals surface area contributed by atoms with Crippen molar-refractivity contribution in [2.45, 2.75) is 44.4 Å². The Morgan fingerprint density at radius 1 is 0.864 bits per heavy atom. The van der Waals surface area contributed by atoms with Crippen LogP contribution in [-0.4, -0.2) is 14.2 Å². The van der Waals surface area contributed by atoms with Gasteiger partial charge in [0.2, 0.25) is 0 Å². The van der Waals surface area contributed by atoms with E-state index in [1.807, 2.05) is 0 Å². The van der Waals surface area contributed by atoms with Gasteiger partial charge in [0.25, 0.3) is 0 Å². The molecule has 0 fully saturated rings. The summed E-state index contributed by atoms with van der Waals surface area (Å²) in [6, 6.07) is 18.8. The third kappa shape index (κ3) is 1.97. The van der Waals surface area contributed by atoms with E-state index in [4.69, 9.17) is 0 Å². The van der Waals surface area contributed by atoms with Crippen LogP contribution in [0.4, 0.5) is 5.69 Å². The first-order valence-corrected chi connectivity index (χ1v) is 12.1. The summed E-state index contributed by atoms with van der Waals surface area (Å²) >= 11 is 0. The van der Waals surface area contributed by atoms with Crippen LogP contribution < -0.4 is 4.90 Å². The number of para-hydroxylation sites is 1. The molecule has 0 radical (unpaired) electrons. The molecule has 2 aromatic carbocycles. The minimum atomic E-state index is -1.17. The van der Waals surface area contributed by atoms with E-state index in [2.05, 4.69) is 80.0 Å². The van der Waals surface area contributed by atoms with Gasteiger partial charge in [-0.1, -0.05) is 69.0 Å². The van der Waals surface area contributed by atoms with Crippen molar-refractivity contribution in [3.63, 3.8) is 0 Å². The molecule has 1 aliphatic heterocycles. The third-order valence-electron chi connectivity index (χ3n) is 5.27. The van der Waals surface area contributed by atoms with E-state index in [1.54, 1.807) is 16.7 Å². The minimum absolute atomic E-state index is 0.551. The summed E-state index contributed by atoms with van der Waals surface area (Å²) in [5, 5.41) is 0. The zero-order valence-electron chi connectivity index (χ0n) is 14.0. The van der Waals surface area contributed by atoms with Crippen molar-refractivity contribution in [3.8, 4) is 0 Å². The van der Waals surface area contributed by atoms with Crippen molar-refractivity contribution in [2.24, 2.45) is 0 Å². The largest absolute Gasteiger partial charge is 0.367 e. The molecule has 114 valence electrons. The molecule has 22 heavy (non-hydrogen) atoms. The molecule has 0 N–H and O–H groups in total. The van der Waals surface area contributed by atoms with Crippen LogP contribution in [0.1, 0.15) is 41.5 Å². The zero-order chi connectivity index (χ0) is 15.5. The molecule has 2 heteroatoms. The molecule has 0 spiro atoms. The lowest BCUT2D eigenvalue weighted by atomic mass is 9.88. The van der Waals surface area contributed by atoms with Gasteiger partial charge in [-0.25, -0.2) is 0 Å². The van der Waals surface area contributed by atoms with Gasteiger partial charge in [0, 0.05) is 17.8 Å². The van der Waals surface area contributed by atoms with Crippen LogP contribution in [0.5, 0.6) is 0 Å². The Labute approximate surface area is 135 Å². The molecule has 1 aliphatic carbocycles. The average molecular weight is 308 g/mol. The maximum absolute atomic E-state index is 2.73. The highest BCUT2D eigenvalue weighted by molar-refractivity contribution is 6.76. The second-order valence-electron chi connectivity index (χ2n) is 8.14. The second-order valence-corrected chi connectivity index (χ2v) is 13.6. The van der Waals surface area contributed by atoms with Gasteiger partial charge in [0.05, 0.1) is 14.1 Å². The third-order valence-corrected chi connectivity index (χ3v) is 6.56. The van der Waals surface area contributed by atoms with Crippen molar-refractivity contribution in [1.29, 1.82) is 0 Å². The fourth-order valence-electron chi connectivity index (χ4n) is 4.53. The van der Waals surface area contributed by atoms with Gasteiger partial charge in [-0.2, -0.15) is 0 Å². The Morgan fingerprint density at radius 3 is 2.14 bits per heavy atom. The van der Waals surface area contributed by atoms with E-state index in [1.165, 1.54) is 11.9 Å². The van der Waals surface area contributed by atoms with Gasteiger partial charge in [-0.15, -0.1) is 0 Å². The molecular formula is C20H25NSi. The summed E-state index contributed by atoms with van der Waals surface area (Å²) in [5.41, 5.74) is 6.18. The predicted octanol–water partition coefficient (Wildman–Crippen LogP) is 5.33. The maximum Gasteiger partial charge on any atom is 0.0665 e. The summed E-state index contributed by atoms with van der Waals surface area (Å²) in [7, 11) is -1.17. The monoisotopic (exact) mass is 307 g/mol. The quantitative estimate of drug-likeness (QED) is 0.678. The number of fused-ring (bicyclic) bond motifs is 5. The van der Waals surface area contributed by atoms with Crippen LogP contribution in [0.15, 0.2) is 48.5 Å². The molecule has 3 atom stereocenters. The van der Waals surface area contributed by atoms with E-state index in [0.717, 1.165) is 0 Å². The number of nitrogens with zero attached hydrogens (tertiary/aromatic N) is 1. The Bertz CT molecular complexity index is 716. The minimum Gasteiger partial charge on any atom is -0.367 e. The molecule has 0 saturated heterocycles. The van der Waals surface area contributed by atoms with Crippen molar-refractivity contribution in [1.82, 2.24) is 0 Å². The van der Waals surface area contributed by atoms with Crippen LogP contribution in [-0.2, 0) is 0 Å². The Kier molecular flexibility index (Phi) is 3.02. The normalized spacial score (nSPS) is 25.8. The van der Waals surface area contributed by atoms with Gasteiger partial charge in [0.1, 0.15) is 0 Å². The lowest BCUT2D eigenvalue weighted by Gasteiger charge is -2.33. The summed E-state index contributed by atoms with van der Waals surface area (Å²) < 4.78 is 0. The van der Waals surface area contributed by atoms with Crippen LogP contribution in [0.2, 0.25) is 19.6 Å². The molecule has 1 heterocycles. The first-order valence-electron chi connectivity index (χ1n) is 8.42. The van der Waals surface area contributed by atoms with Crippen LogP contribution in [0.25, 0.3) is 0 Å². The lowest BCUT2D eigenvalue weighted by molar-refractivity contribution is 0.547. The molecule has 0 aromatic heterocycles. The first-order chi connectivity index (χ1) is 10.5. The van der Waals surface area contributed by atoms with Crippen molar-refractivity contribution in [3.05, 3.63) is 65.2 Å². The van der Waals surface area contributed by atoms with Crippen LogP contribution in [0.3, 0.4) is 0 Å². The predicted molar refractivity (Wildman–Crippen MR) is 97.5 cm³/mol. The first kappa shape index (κ1) is 14.1. The Hall–Kier alpha value is -1.54. The van der Waals surface area contributed by atoms with Crippen LogP contribution in [0, 0.1) is 0 Å². The number of hydrogen-bond acceptors (Lipinski definition) is 1. The highest BCUT2D eigenvalue weighted by Crippen LogP contribution is 2.60. The summed E-state index contributed by atoms with van der Waals surface area (Å²) in [6.07, 6.45) is 1.24. The highest BCUT2D eigenvalue weighted by atomic mass is 28.3. The van der Waals surface area contributed by atoms with Crippen LogP contribution >= 0.6 is 0 Å². The molecule has 2 aromatic rings. The number of benzene rings is 2. The van der Waals surface area contributed by atoms with Gasteiger partial charge in [0.15, 0.2) is 0 Å². The smallest absolute Gasteiger partial charge is 0.0665 e. The topological polar surface area (TPSA) is 3.24 Å². The number of rotatable bonds is 2. The summed E-state index contributed by atoms with van der Waals surface area (Å²) in [4.78, 5) is 2.73. The van der Waals surface area contributed by atoms with Crippen molar-refractivity contribution >= 4 is 13.8 Å². The molecule has 1 nitrogen and oxygen atoms in total. The molecule has 0 saturated carbocycles. The molecule has 0 amide bonds. The second kappa shape index (κ2) is 4.72. The molecule has 0 bridgehead atoms. The standard InChI is InChI=1S/C20H25NSi/c1-14-15-9-5-6-10-16(15)20-19(14)17-11-7-8-12-18(17)21(20)13-22(2,3)4/h5-12,14,19-20H,13H2,1-4H3. The molecular weight excluding hydrogens is 282 g/mol. The Balaban J connectivity index is 1.88. The fraction of sp³-hybridized carbons (Fsp3) is 0.400. The molecule has 2 aliphatic rings. The van der Waals surface area contributed by atoms with E-state index in [0.29, 0.717) is 17.9 Å². The summed E-state index contributed by atoms with van der Waals surface area (Å²) in [5.74, 6) is 1.25. The van der Waals surface area contributed by atoms with Crippen molar-refractivity contribution < 1.29 is 0 Å². The number of anilines is 1. The average Bonchev–Trinajstić information content (AvgIpc) is 2.94.